The average molecular weight is 373 g/mol. The first-order valence-corrected chi connectivity index (χ1v) is 9.44. The topological polar surface area (TPSA) is 12.0 Å². The highest BCUT2D eigenvalue weighted by Crippen LogP contribution is 2.33. The molecule has 0 aromatic heterocycles. The summed E-state index contributed by atoms with van der Waals surface area (Å²) in [7, 11) is 0. The largest absolute Gasteiger partial charge is 0.313 e. The van der Waals surface area contributed by atoms with Crippen LogP contribution in [0.25, 0.3) is 0 Å². The van der Waals surface area contributed by atoms with Crippen LogP contribution in [0.15, 0.2) is 22.7 Å². The van der Waals surface area contributed by atoms with E-state index in [1.54, 1.807) is 0 Å². The number of hydrogen-bond acceptors (Lipinski definition) is 1. The smallest absolute Gasteiger partial charge is 0.0449 e. The van der Waals surface area contributed by atoms with Crippen molar-refractivity contribution in [2.45, 2.75) is 58.4 Å². The second-order valence-electron chi connectivity index (χ2n) is 6.53. The molecular formula is C18H27BrClN. The fourth-order valence-corrected chi connectivity index (χ4v) is 4.26. The van der Waals surface area contributed by atoms with Gasteiger partial charge in [-0.1, -0.05) is 60.3 Å². The van der Waals surface area contributed by atoms with Crippen LogP contribution in [-0.2, 0) is 6.42 Å². The van der Waals surface area contributed by atoms with Gasteiger partial charge in [0, 0.05) is 15.5 Å². The summed E-state index contributed by atoms with van der Waals surface area (Å²) in [5, 5.41) is 4.67. The fraction of sp³-hybridized carbons (Fsp3) is 0.667. The third kappa shape index (κ3) is 5.26. The number of nitrogens with one attached hydrogen (secondary N) is 1. The first-order valence-electron chi connectivity index (χ1n) is 8.27. The van der Waals surface area contributed by atoms with E-state index in [-0.39, 0.29) is 0 Å². The maximum absolute atomic E-state index is 6.42. The van der Waals surface area contributed by atoms with E-state index in [2.05, 4.69) is 47.2 Å². The number of halogens is 2. The van der Waals surface area contributed by atoms with Gasteiger partial charge in [-0.25, -0.2) is 0 Å². The van der Waals surface area contributed by atoms with Crippen molar-refractivity contribution in [2.24, 2.45) is 11.8 Å². The van der Waals surface area contributed by atoms with Crippen molar-refractivity contribution in [1.29, 1.82) is 0 Å². The zero-order chi connectivity index (χ0) is 15.2. The Labute approximate surface area is 143 Å². The molecule has 0 bridgehead atoms. The Morgan fingerprint density at radius 3 is 2.86 bits per heavy atom. The van der Waals surface area contributed by atoms with Crippen molar-refractivity contribution < 1.29 is 0 Å². The molecule has 1 nitrogen and oxygen atoms in total. The minimum atomic E-state index is 0.561. The molecule has 2 rings (SSSR count). The molecule has 0 spiro atoms. The zero-order valence-electron chi connectivity index (χ0n) is 13.2. The Kier molecular flexibility index (Phi) is 7.04. The monoisotopic (exact) mass is 371 g/mol. The molecule has 1 aliphatic carbocycles. The number of hydrogen-bond donors (Lipinski definition) is 1. The SMILES string of the molecule is CCCNC(Cc1ccc(Br)cc1Cl)C1CCCC(C)C1. The maximum Gasteiger partial charge on any atom is 0.0449 e. The van der Waals surface area contributed by atoms with Gasteiger partial charge in [0.05, 0.1) is 0 Å². The molecule has 118 valence electrons. The molecule has 3 unspecified atom stereocenters. The Bertz CT molecular complexity index is 449. The molecule has 1 saturated carbocycles. The molecule has 21 heavy (non-hydrogen) atoms. The predicted molar refractivity (Wildman–Crippen MR) is 96.1 cm³/mol. The lowest BCUT2D eigenvalue weighted by Gasteiger charge is -2.34. The van der Waals surface area contributed by atoms with Crippen LogP contribution in [0.2, 0.25) is 5.02 Å². The summed E-state index contributed by atoms with van der Waals surface area (Å²) in [5.74, 6) is 1.66. The summed E-state index contributed by atoms with van der Waals surface area (Å²) < 4.78 is 1.06. The number of benzene rings is 1. The first kappa shape index (κ1) is 17.3. The molecule has 0 heterocycles. The normalized spacial score (nSPS) is 24.0. The summed E-state index contributed by atoms with van der Waals surface area (Å²) in [5.41, 5.74) is 1.27. The van der Waals surface area contributed by atoms with E-state index in [1.165, 1.54) is 37.7 Å². The van der Waals surface area contributed by atoms with E-state index in [9.17, 15) is 0 Å². The van der Waals surface area contributed by atoms with Crippen LogP contribution in [0.1, 0.15) is 51.5 Å². The van der Waals surface area contributed by atoms with Gasteiger partial charge in [-0.3, -0.25) is 0 Å². The van der Waals surface area contributed by atoms with E-state index in [4.69, 9.17) is 11.6 Å². The Morgan fingerprint density at radius 1 is 1.38 bits per heavy atom. The summed E-state index contributed by atoms with van der Waals surface area (Å²) in [6, 6.07) is 6.84. The second kappa shape index (κ2) is 8.55. The molecule has 3 atom stereocenters. The van der Waals surface area contributed by atoms with E-state index < -0.39 is 0 Å². The molecule has 1 N–H and O–H groups in total. The van der Waals surface area contributed by atoms with E-state index >= 15 is 0 Å². The molecule has 0 saturated heterocycles. The van der Waals surface area contributed by atoms with Gasteiger partial charge in [0.2, 0.25) is 0 Å². The summed E-state index contributed by atoms with van der Waals surface area (Å²) in [6.45, 7) is 5.74. The molecular weight excluding hydrogens is 346 g/mol. The highest BCUT2D eigenvalue weighted by Gasteiger charge is 2.26. The Hall–Kier alpha value is -0.0500. The van der Waals surface area contributed by atoms with Crippen LogP contribution in [0.4, 0.5) is 0 Å². The third-order valence-electron chi connectivity index (χ3n) is 4.66. The molecule has 3 heteroatoms. The van der Waals surface area contributed by atoms with Crippen molar-refractivity contribution >= 4 is 27.5 Å². The Balaban J connectivity index is 2.07. The molecule has 0 radical (unpaired) electrons. The van der Waals surface area contributed by atoms with Crippen LogP contribution in [0.5, 0.6) is 0 Å². The van der Waals surface area contributed by atoms with Crippen LogP contribution >= 0.6 is 27.5 Å². The predicted octanol–water partition coefficient (Wildman–Crippen LogP) is 5.84. The van der Waals surface area contributed by atoms with Crippen LogP contribution in [-0.4, -0.2) is 12.6 Å². The van der Waals surface area contributed by atoms with Crippen LogP contribution < -0.4 is 5.32 Å². The fourth-order valence-electron chi connectivity index (χ4n) is 3.51. The van der Waals surface area contributed by atoms with E-state index in [0.29, 0.717) is 6.04 Å². The standard InChI is InChI=1S/C18H27BrClN/c1-3-9-21-18(15-6-4-5-13(2)10-15)11-14-7-8-16(19)12-17(14)20/h7-8,12-13,15,18,21H,3-6,9-11H2,1-2H3. The minimum Gasteiger partial charge on any atom is -0.313 e. The van der Waals surface area contributed by atoms with Gasteiger partial charge >= 0.3 is 0 Å². The van der Waals surface area contributed by atoms with E-state index in [0.717, 1.165) is 34.3 Å². The lowest BCUT2D eigenvalue weighted by molar-refractivity contribution is 0.221. The molecule has 1 aromatic carbocycles. The number of rotatable bonds is 6. The van der Waals surface area contributed by atoms with Gasteiger partial charge in [0.15, 0.2) is 0 Å². The maximum atomic E-state index is 6.42. The summed E-state index contributed by atoms with van der Waals surface area (Å²) >= 11 is 9.91. The lowest BCUT2D eigenvalue weighted by atomic mass is 9.77. The van der Waals surface area contributed by atoms with Crippen molar-refractivity contribution in [2.75, 3.05) is 6.54 Å². The third-order valence-corrected chi connectivity index (χ3v) is 5.50. The minimum absolute atomic E-state index is 0.561. The van der Waals surface area contributed by atoms with Gasteiger partial charge in [0.1, 0.15) is 0 Å². The Morgan fingerprint density at radius 2 is 2.19 bits per heavy atom. The molecule has 1 fully saturated rings. The molecule has 1 aromatic rings. The quantitative estimate of drug-likeness (QED) is 0.661. The summed E-state index contributed by atoms with van der Waals surface area (Å²) in [6.07, 6.45) is 7.73. The van der Waals surface area contributed by atoms with Crippen molar-refractivity contribution in [3.8, 4) is 0 Å². The van der Waals surface area contributed by atoms with Crippen molar-refractivity contribution in [3.05, 3.63) is 33.3 Å². The van der Waals surface area contributed by atoms with Gasteiger partial charge in [-0.15, -0.1) is 0 Å². The molecule has 0 aliphatic heterocycles. The molecule has 1 aliphatic rings. The van der Waals surface area contributed by atoms with Gasteiger partial charge in [-0.05, 0) is 61.8 Å². The van der Waals surface area contributed by atoms with Gasteiger partial charge in [0.25, 0.3) is 0 Å². The van der Waals surface area contributed by atoms with E-state index in [1.807, 2.05) is 6.07 Å². The van der Waals surface area contributed by atoms with Crippen LogP contribution in [0.3, 0.4) is 0 Å². The van der Waals surface area contributed by atoms with Gasteiger partial charge < -0.3 is 5.32 Å². The zero-order valence-corrected chi connectivity index (χ0v) is 15.5. The summed E-state index contributed by atoms with van der Waals surface area (Å²) in [4.78, 5) is 0. The first-order chi connectivity index (χ1) is 10.1. The highest BCUT2D eigenvalue weighted by molar-refractivity contribution is 9.10. The van der Waals surface area contributed by atoms with Gasteiger partial charge in [-0.2, -0.15) is 0 Å². The second-order valence-corrected chi connectivity index (χ2v) is 7.86. The lowest BCUT2D eigenvalue weighted by Crippen LogP contribution is -2.40. The van der Waals surface area contributed by atoms with Crippen molar-refractivity contribution in [1.82, 2.24) is 5.32 Å². The average Bonchev–Trinajstić information content (AvgIpc) is 2.45. The molecule has 0 amide bonds. The van der Waals surface area contributed by atoms with Crippen molar-refractivity contribution in [3.63, 3.8) is 0 Å². The highest BCUT2D eigenvalue weighted by atomic mass is 79.9. The van der Waals surface area contributed by atoms with Crippen LogP contribution in [0, 0.1) is 11.8 Å².